The van der Waals surface area contributed by atoms with Gasteiger partial charge in [-0.15, -0.1) is 0 Å². The summed E-state index contributed by atoms with van der Waals surface area (Å²) >= 11 is 0. The van der Waals surface area contributed by atoms with Gasteiger partial charge in [-0.3, -0.25) is 0 Å². The maximum absolute atomic E-state index is 12.8. The summed E-state index contributed by atoms with van der Waals surface area (Å²) in [4.78, 5) is 9.12. The number of nitrogens with one attached hydrogen (secondary N) is 1. The molecule has 0 amide bonds. The first-order valence-electron chi connectivity index (χ1n) is 6.33. The van der Waals surface area contributed by atoms with Crippen molar-refractivity contribution in [1.29, 1.82) is 0 Å². The molecule has 0 bridgehead atoms. The number of aliphatic hydroxyl groups excluding tert-OH is 1. The second-order valence-corrected chi connectivity index (χ2v) is 5.05. The molecule has 0 aliphatic heterocycles. The highest BCUT2D eigenvalue weighted by Gasteiger charge is 2.34. The number of nitrogens with zero attached hydrogens (tertiary/aromatic N) is 3. The average Bonchev–Trinajstić information content (AvgIpc) is 2.35. The number of hydrogen-bond donors (Lipinski definition) is 2. The van der Waals surface area contributed by atoms with E-state index >= 15 is 0 Å². The molecule has 112 valence electrons. The molecular weight excluding hydrogens is 273 g/mol. The molecule has 0 unspecified atom stereocenters. The molecular formula is C12H17F3N4O. The van der Waals surface area contributed by atoms with Crippen LogP contribution in [-0.4, -0.2) is 41.8 Å². The molecule has 8 heteroatoms. The van der Waals surface area contributed by atoms with Crippen molar-refractivity contribution in [2.45, 2.75) is 25.1 Å². The Balaban J connectivity index is 2.17. The number of halogens is 3. The first-order valence-corrected chi connectivity index (χ1v) is 6.33. The summed E-state index contributed by atoms with van der Waals surface area (Å²) in [6.07, 6.45) is -3.42. The standard InChI is InChI=1S/C12H17F3N4O/c1-16-11-17-9(12(13,14)15)5-10(18-11)19(2)6-7-3-8(20)4-7/h5,7-8,20H,3-4,6H2,1-2H3,(H,16,17,18). The van der Waals surface area contributed by atoms with Crippen molar-refractivity contribution in [3.8, 4) is 0 Å². The molecule has 5 nitrogen and oxygen atoms in total. The fourth-order valence-corrected chi connectivity index (χ4v) is 2.22. The van der Waals surface area contributed by atoms with Crippen molar-refractivity contribution in [3.05, 3.63) is 11.8 Å². The predicted molar refractivity (Wildman–Crippen MR) is 68.6 cm³/mol. The topological polar surface area (TPSA) is 61.3 Å². The number of rotatable bonds is 4. The molecule has 1 saturated carbocycles. The van der Waals surface area contributed by atoms with Crippen molar-refractivity contribution >= 4 is 11.8 Å². The van der Waals surface area contributed by atoms with Gasteiger partial charge in [0.25, 0.3) is 0 Å². The summed E-state index contributed by atoms with van der Waals surface area (Å²) in [5.41, 5.74) is -0.965. The van der Waals surface area contributed by atoms with E-state index in [4.69, 9.17) is 0 Å². The van der Waals surface area contributed by atoms with E-state index in [9.17, 15) is 18.3 Å². The molecule has 20 heavy (non-hydrogen) atoms. The minimum Gasteiger partial charge on any atom is -0.393 e. The summed E-state index contributed by atoms with van der Waals surface area (Å²) in [5.74, 6) is 0.450. The van der Waals surface area contributed by atoms with Crippen LogP contribution in [0.15, 0.2) is 6.07 Å². The van der Waals surface area contributed by atoms with Gasteiger partial charge < -0.3 is 15.3 Å². The Labute approximate surface area is 114 Å². The summed E-state index contributed by atoms with van der Waals surface area (Å²) in [7, 11) is 3.16. The smallest absolute Gasteiger partial charge is 0.393 e. The molecule has 0 saturated heterocycles. The third-order valence-corrected chi connectivity index (χ3v) is 3.36. The minimum absolute atomic E-state index is 0.0599. The first-order chi connectivity index (χ1) is 9.29. The largest absolute Gasteiger partial charge is 0.433 e. The van der Waals surface area contributed by atoms with Gasteiger partial charge >= 0.3 is 6.18 Å². The molecule has 1 aromatic rings. The highest BCUT2D eigenvalue weighted by Crippen LogP contribution is 2.32. The molecule has 1 fully saturated rings. The van der Waals surface area contributed by atoms with Gasteiger partial charge in [-0.2, -0.15) is 18.2 Å². The summed E-state index contributed by atoms with van der Waals surface area (Å²) in [6, 6.07) is 0.940. The van der Waals surface area contributed by atoms with E-state index in [0.29, 0.717) is 19.4 Å². The number of alkyl halides is 3. The highest BCUT2D eigenvalue weighted by atomic mass is 19.4. The number of hydrogen-bond acceptors (Lipinski definition) is 5. The number of aliphatic hydroxyl groups is 1. The van der Waals surface area contributed by atoms with E-state index in [-0.39, 0.29) is 23.8 Å². The predicted octanol–water partition coefficient (Wildman–Crippen LogP) is 1.74. The van der Waals surface area contributed by atoms with Crippen LogP contribution < -0.4 is 10.2 Å². The Hall–Kier alpha value is -1.57. The Morgan fingerprint density at radius 1 is 1.40 bits per heavy atom. The normalized spacial score (nSPS) is 22.3. The third-order valence-electron chi connectivity index (χ3n) is 3.36. The molecule has 0 atom stereocenters. The van der Waals surface area contributed by atoms with E-state index < -0.39 is 11.9 Å². The van der Waals surface area contributed by atoms with E-state index in [0.717, 1.165) is 6.07 Å². The second kappa shape index (κ2) is 5.43. The molecule has 0 spiro atoms. The van der Waals surface area contributed by atoms with Crippen molar-refractivity contribution < 1.29 is 18.3 Å². The van der Waals surface area contributed by atoms with E-state index in [1.54, 1.807) is 11.9 Å². The van der Waals surface area contributed by atoms with Crippen LogP contribution >= 0.6 is 0 Å². The quantitative estimate of drug-likeness (QED) is 0.884. The Morgan fingerprint density at radius 3 is 2.55 bits per heavy atom. The van der Waals surface area contributed by atoms with Crippen LogP contribution in [0.4, 0.5) is 24.9 Å². The SMILES string of the molecule is CNc1nc(N(C)CC2CC(O)C2)cc(C(F)(F)F)n1. The summed E-state index contributed by atoms with van der Waals surface area (Å²) < 4.78 is 38.3. The fraction of sp³-hybridized carbons (Fsp3) is 0.667. The second-order valence-electron chi connectivity index (χ2n) is 5.05. The Kier molecular flexibility index (Phi) is 4.03. The van der Waals surface area contributed by atoms with Crippen LogP contribution in [0.2, 0.25) is 0 Å². The summed E-state index contributed by atoms with van der Waals surface area (Å²) in [6.45, 7) is 0.564. The minimum atomic E-state index is -4.50. The van der Waals surface area contributed by atoms with Gasteiger partial charge in [0, 0.05) is 26.7 Å². The zero-order chi connectivity index (χ0) is 14.9. The molecule has 0 aromatic carbocycles. The lowest BCUT2D eigenvalue weighted by Gasteiger charge is -2.34. The lowest BCUT2D eigenvalue weighted by Crippen LogP contribution is -2.37. The maximum Gasteiger partial charge on any atom is 0.433 e. The maximum atomic E-state index is 12.8. The lowest BCUT2D eigenvalue weighted by molar-refractivity contribution is -0.141. The Morgan fingerprint density at radius 2 is 2.05 bits per heavy atom. The van der Waals surface area contributed by atoms with Gasteiger partial charge in [0.2, 0.25) is 5.95 Å². The average molecular weight is 290 g/mol. The van der Waals surface area contributed by atoms with Gasteiger partial charge in [-0.1, -0.05) is 0 Å². The zero-order valence-corrected chi connectivity index (χ0v) is 11.3. The van der Waals surface area contributed by atoms with Crippen LogP contribution in [-0.2, 0) is 6.18 Å². The van der Waals surface area contributed by atoms with Gasteiger partial charge in [-0.05, 0) is 18.8 Å². The van der Waals surface area contributed by atoms with Crippen molar-refractivity contribution in [3.63, 3.8) is 0 Å². The molecule has 1 aromatic heterocycles. The van der Waals surface area contributed by atoms with E-state index in [2.05, 4.69) is 15.3 Å². The van der Waals surface area contributed by atoms with Crippen LogP contribution in [0.5, 0.6) is 0 Å². The van der Waals surface area contributed by atoms with Crippen molar-refractivity contribution in [1.82, 2.24) is 9.97 Å². The Bertz CT molecular complexity index is 474. The van der Waals surface area contributed by atoms with Crippen molar-refractivity contribution in [2.75, 3.05) is 30.9 Å². The highest BCUT2D eigenvalue weighted by molar-refractivity contribution is 5.44. The van der Waals surface area contributed by atoms with Gasteiger partial charge in [0.15, 0.2) is 5.69 Å². The molecule has 1 aliphatic carbocycles. The fourth-order valence-electron chi connectivity index (χ4n) is 2.22. The summed E-state index contributed by atoms with van der Waals surface area (Å²) in [5, 5.41) is 11.8. The zero-order valence-electron chi connectivity index (χ0n) is 11.3. The van der Waals surface area contributed by atoms with Gasteiger partial charge in [0.1, 0.15) is 5.82 Å². The van der Waals surface area contributed by atoms with Crippen LogP contribution in [0.3, 0.4) is 0 Å². The van der Waals surface area contributed by atoms with Crippen LogP contribution in [0.25, 0.3) is 0 Å². The molecule has 2 N–H and O–H groups in total. The molecule has 1 heterocycles. The first kappa shape index (κ1) is 14.8. The van der Waals surface area contributed by atoms with Gasteiger partial charge in [-0.25, -0.2) is 4.98 Å². The van der Waals surface area contributed by atoms with Gasteiger partial charge in [0.05, 0.1) is 6.10 Å². The van der Waals surface area contributed by atoms with Crippen molar-refractivity contribution in [2.24, 2.45) is 5.92 Å². The van der Waals surface area contributed by atoms with E-state index in [1.807, 2.05) is 0 Å². The lowest BCUT2D eigenvalue weighted by atomic mass is 9.82. The molecule has 1 aliphatic rings. The van der Waals surface area contributed by atoms with Crippen LogP contribution in [0.1, 0.15) is 18.5 Å². The number of aromatic nitrogens is 2. The monoisotopic (exact) mass is 290 g/mol. The third kappa shape index (κ3) is 3.30. The number of anilines is 2. The van der Waals surface area contributed by atoms with Crippen LogP contribution in [0, 0.1) is 5.92 Å². The molecule has 0 radical (unpaired) electrons. The van der Waals surface area contributed by atoms with E-state index in [1.165, 1.54) is 7.05 Å². The molecule has 2 rings (SSSR count).